The van der Waals surface area contributed by atoms with Crippen LogP contribution in [0.5, 0.6) is 0 Å². The average Bonchev–Trinajstić information content (AvgIpc) is 2.59. The van der Waals surface area contributed by atoms with E-state index < -0.39 is 5.91 Å². The molecule has 6 heteroatoms. The Hall–Kier alpha value is -2.48. The summed E-state index contributed by atoms with van der Waals surface area (Å²) < 4.78 is 0. The van der Waals surface area contributed by atoms with Crippen LogP contribution in [-0.2, 0) is 11.2 Å². The molecule has 0 aliphatic heterocycles. The largest absolute Gasteiger partial charge is 0.389 e. The maximum atomic E-state index is 12.2. The fourth-order valence-electron chi connectivity index (χ4n) is 2.15. The smallest absolute Gasteiger partial charge is 0.267 e. The van der Waals surface area contributed by atoms with E-state index in [4.69, 9.17) is 23.2 Å². The van der Waals surface area contributed by atoms with Crippen LogP contribution < -0.4 is 10.6 Å². The highest BCUT2D eigenvalue weighted by atomic mass is 35.5. The van der Waals surface area contributed by atoms with E-state index in [0.717, 1.165) is 11.1 Å². The second kappa shape index (κ2) is 9.12. The molecule has 2 N–H and O–H groups in total. The predicted octanol–water partition coefficient (Wildman–Crippen LogP) is 4.48. The summed E-state index contributed by atoms with van der Waals surface area (Å²) in [6, 6.07) is 14.6. The summed E-state index contributed by atoms with van der Waals surface area (Å²) in [5.41, 5.74) is 2.43. The number of carbonyl (C=O) groups is 1. The summed E-state index contributed by atoms with van der Waals surface area (Å²) in [6.07, 6.45) is 2.09. The van der Waals surface area contributed by atoms with Crippen LogP contribution in [0.25, 0.3) is 0 Å². The minimum Gasteiger partial charge on any atom is -0.389 e. The molecule has 0 spiro atoms. The van der Waals surface area contributed by atoms with E-state index in [0.29, 0.717) is 28.7 Å². The first-order valence-corrected chi connectivity index (χ1v) is 8.41. The second-order valence-electron chi connectivity index (χ2n) is 5.38. The van der Waals surface area contributed by atoms with Gasteiger partial charge in [0.05, 0.1) is 0 Å². The SMILES string of the molecule is Cc1ccc(Cl)cc1NC(=O)/C(C#N)=C\NCCc1ccccc1Cl. The number of carbonyl (C=O) groups excluding carboxylic acids is 1. The molecule has 25 heavy (non-hydrogen) atoms. The molecule has 0 radical (unpaired) electrons. The van der Waals surface area contributed by atoms with Gasteiger partial charge in [-0.1, -0.05) is 47.5 Å². The lowest BCUT2D eigenvalue weighted by molar-refractivity contribution is -0.112. The van der Waals surface area contributed by atoms with Gasteiger partial charge >= 0.3 is 0 Å². The van der Waals surface area contributed by atoms with Crippen LogP contribution in [0.2, 0.25) is 10.0 Å². The first-order valence-electron chi connectivity index (χ1n) is 7.66. The minimum absolute atomic E-state index is 0.0152. The molecule has 128 valence electrons. The van der Waals surface area contributed by atoms with Crippen molar-refractivity contribution in [3.05, 3.63) is 75.4 Å². The molecule has 0 bridgehead atoms. The molecular weight excluding hydrogens is 357 g/mol. The van der Waals surface area contributed by atoms with E-state index in [-0.39, 0.29) is 5.57 Å². The second-order valence-corrected chi connectivity index (χ2v) is 6.22. The van der Waals surface area contributed by atoms with E-state index in [2.05, 4.69) is 10.6 Å². The van der Waals surface area contributed by atoms with Crippen molar-refractivity contribution in [2.75, 3.05) is 11.9 Å². The third-order valence-electron chi connectivity index (χ3n) is 3.56. The number of amides is 1. The van der Waals surface area contributed by atoms with Gasteiger partial charge in [-0.2, -0.15) is 5.26 Å². The number of anilines is 1. The number of hydrogen-bond donors (Lipinski definition) is 2. The number of aryl methyl sites for hydroxylation is 1. The number of hydrogen-bond acceptors (Lipinski definition) is 3. The van der Waals surface area contributed by atoms with Gasteiger partial charge in [0, 0.05) is 28.5 Å². The van der Waals surface area contributed by atoms with Crippen molar-refractivity contribution in [2.24, 2.45) is 0 Å². The number of nitrogens with zero attached hydrogens (tertiary/aromatic N) is 1. The van der Waals surface area contributed by atoms with E-state index in [9.17, 15) is 10.1 Å². The van der Waals surface area contributed by atoms with Crippen molar-refractivity contribution in [3.8, 4) is 6.07 Å². The highest BCUT2D eigenvalue weighted by molar-refractivity contribution is 6.31. The standard InChI is InChI=1S/C19H17Cl2N3O/c1-13-6-7-16(20)10-18(13)24-19(25)15(11-22)12-23-9-8-14-4-2-3-5-17(14)21/h2-7,10,12,23H,8-9H2,1H3,(H,24,25)/b15-12-. The highest BCUT2D eigenvalue weighted by Gasteiger charge is 2.11. The molecule has 0 saturated heterocycles. The summed E-state index contributed by atoms with van der Waals surface area (Å²) in [4.78, 5) is 12.2. The van der Waals surface area contributed by atoms with Crippen LogP contribution in [0.1, 0.15) is 11.1 Å². The zero-order chi connectivity index (χ0) is 18.2. The summed E-state index contributed by atoms with van der Waals surface area (Å²) in [6.45, 7) is 2.40. The summed E-state index contributed by atoms with van der Waals surface area (Å²) >= 11 is 12.0. The van der Waals surface area contributed by atoms with Crippen LogP contribution in [0.4, 0.5) is 5.69 Å². The molecule has 0 atom stereocenters. The molecule has 0 saturated carbocycles. The van der Waals surface area contributed by atoms with Crippen LogP contribution in [0, 0.1) is 18.3 Å². The van der Waals surface area contributed by atoms with Gasteiger partial charge in [-0.05, 0) is 42.7 Å². The number of nitriles is 1. The van der Waals surface area contributed by atoms with Gasteiger partial charge in [-0.25, -0.2) is 0 Å². The molecule has 2 aromatic rings. The van der Waals surface area contributed by atoms with Gasteiger partial charge in [0.2, 0.25) is 0 Å². The Bertz CT molecular complexity index is 841. The zero-order valence-corrected chi connectivity index (χ0v) is 15.2. The number of halogens is 2. The third kappa shape index (κ3) is 5.53. The molecule has 0 aliphatic carbocycles. The van der Waals surface area contributed by atoms with E-state index in [1.807, 2.05) is 37.3 Å². The quantitative estimate of drug-likeness (QED) is 0.445. The highest BCUT2D eigenvalue weighted by Crippen LogP contribution is 2.20. The lowest BCUT2D eigenvalue weighted by Crippen LogP contribution is -2.18. The maximum Gasteiger partial charge on any atom is 0.267 e. The lowest BCUT2D eigenvalue weighted by atomic mass is 10.1. The lowest BCUT2D eigenvalue weighted by Gasteiger charge is -2.09. The Morgan fingerprint density at radius 1 is 1.24 bits per heavy atom. The van der Waals surface area contributed by atoms with Crippen molar-refractivity contribution < 1.29 is 4.79 Å². The van der Waals surface area contributed by atoms with Crippen LogP contribution >= 0.6 is 23.2 Å². The summed E-state index contributed by atoms with van der Waals surface area (Å²) in [5.74, 6) is -0.488. The molecule has 2 rings (SSSR count). The number of rotatable bonds is 6. The van der Waals surface area contributed by atoms with E-state index in [1.54, 1.807) is 18.2 Å². The molecule has 4 nitrogen and oxygen atoms in total. The van der Waals surface area contributed by atoms with Crippen LogP contribution in [-0.4, -0.2) is 12.5 Å². The van der Waals surface area contributed by atoms with Crippen LogP contribution in [0.3, 0.4) is 0 Å². The average molecular weight is 374 g/mol. The molecular formula is C19H17Cl2N3O. The maximum absolute atomic E-state index is 12.2. The molecule has 0 heterocycles. The van der Waals surface area contributed by atoms with E-state index in [1.165, 1.54) is 6.20 Å². The predicted molar refractivity (Wildman–Crippen MR) is 102 cm³/mol. The van der Waals surface area contributed by atoms with Gasteiger partial charge in [0.25, 0.3) is 5.91 Å². The fraction of sp³-hybridized carbons (Fsp3) is 0.158. The Labute approximate surface area is 157 Å². The van der Waals surface area contributed by atoms with Gasteiger partial charge < -0.3 is 10.6 Å². The van der Waals surface area contributed by atoms with E-state index >= 15 is 0 Å². The molecule has 0 unspecified atom stereocenters. The first kappa shape index (κ1) is 18.9. The first-order chi connectivity index (χ1) is 12.0. The Kier molecular flexibility index (Phi) is 6.88. The Morgan fingerprint density at radius 2 is 2.00 bits per heavy atom. The van der Waals surface area contributed by atoms with Crippen molar-refractivity contribution >= 4 is 34.8 Å². The van der Waals surface area contributed by atoms with Crippen molar-refractivity contribution in [1.29, 1.82) is 5.26 Å². The van der Waals surface area contributed by atoms with Gasteiger partial charge in [0.1, 0.15) is 11.6 Å². The molecule has 0 aromatic heterocycles. The molecule has 2 aromatic carbocycles. The fourth-order valence-corrected chi connectivity index (χ4v) is 2.55. The topological polar surface area (TPSA) is 64.9 Å². The third-order valence-corrected chi connectivity index (χ3v) is 4.16. The van der Waals surface area contributed by atoms with Crippen molar-refractivity contribution in [3.63, 3.8) is 0 Å². The molecule has 0 fully saturated rings. The van der Waals surface area contributed by atoms with Gasteiger partial charge in [-0.3, -0.25) is 4.79 Å². The number of benzene rings is 2. The van der Waals surface area contributed by atoms with Crippen molar-refractivity contribution in [2.45, 2.75) is 13.3 Å². The normalized spacial score (nSPS) is 10.9. The molecule has 0 aliphatic rings. The summed E-state index contributed by atoms with van der Waals surface area (Å²) in [7, 11) is 0. The Morgan fingerprint density at radius 3 is 2.72 bits per heavy atom. The zero-order valence-electron chi connectivity index (χ0n) is 13.6. The van der Waals surface area contributed by atoms with Gasteiger partial charge in [-0.15, -0.1) is 0 Å². The number of nitrogens with one attached hydrogen (secondary N) is 2. The Balaban J connectivity index is 1.95. The molecule has 1 amide bonds. The monoisotopic (exact) mass is 373 g/mol. The van der Waals surface area contributed by atoms with Gasteiger partial charge in [0.15, 0.2) is 0 Å². The summed E-state index contributed by atoms with van der Waals surface area (Å²) in [5, 5.41) is 16.1. The minimum atomic E-state index is -0.488. The van der Waals surface area contributed by atoms with Crippen LogP contribution in [0.15, 0.2) is 54.2 Å². The van der Waals surface area contributed by atoms with Crippen molar-refractivity contribution in [1.82, 2.24) is 5.32 Å².